The molecule has 0 bridgehead atoms. The van der Waals surface area contributed by atoms with Gasteiger partial charge in [0.05, 0.1) is 0 Å². The molecular weight excluding hydrogens is 551 g/mol. The van der Waals surface area contributed by atoms with Crippen molar-refractivity contribution in [2.45, 2.75) is 156 Å². The average molecular weight is 612 g/mol. The maximum Gasteiger partial charge on any atom is 0.157 e. The van der Waals surface area contributed by atoms with Crippen molar-refractivity contribution in [3.63, 3.8) is 0 Å². The van der Waals surface area contributed by atoms with E-state index in [1.54, 1.807) is 0 Å². The van der Waals surface area contributed by atoms with Gasteiger partial charge in [-0.3, -0.25) is 0 Å². The third-order valence-electron chi connectivity index (χ3n) is 7.83. The summed E-state index contributed by atoms with van der Waals surface area (Å²) in [6.07, 6.45) is 27.2. The summed E-state index contributed by atoms with van der Waals surface area (Å²) in [5, 5.41) is 1.47. The van der Waals surface area contributed by atoms with Crippen molar-refractivity contribution >= 4 is 28.1 Å². The molecule has 1 aromatic carbocycles. The van der Waals surface area contributed by atoms with Crippen LogP contribution < -0.4 is 5.30 Å². The zero-order valence-electron chi connectivity index (χ0n) is 25.6. The lowest BCUT2D eigenvalue weighted by atomic mass is 9.95. The van der Waals surface area contributed by atoms with E-state index in [1.165, 1.54) is 137 Å². The Morgan fingerprint density at radius 2 is 1.24 bits per heavy atom. The molecule has 0 aliphatic heterocycles. The normalized spacial score (nSPS) is 12.2. The highest BCUT2D eigenvalue weighted by molar-refractivity contribution is 9.37. The minimum atomic E-state index is 0.00218. The van der Waals surface area contributed by atoms with Crippen LogP contribution >= 0.6 is 22.8 Å². The first-order valence-corrected chi connectivity index (χ1v) is 19.1. The monoisotopic (exact) mass is 610 g/mol. The van der Waals surface area contributed by atoms with Crippen molar-refractivity contribution in [1.29, 1.82) is 0 Å². The van der Waals surface area contributed by atoms with Gasteiger partial charge in [0.25, 0.3) is 0 Å². The molecule has 0 radical (unpaired) electrons. The number of hydrogen-bond acceptors (Lipinski definition) is 2. The van der Waals surface area contributed by atoms with Gasteiger partial charge in [0.15, 0.2) is 6.29 Å². The second-order valence-corrected chi connectivity index (χ2v) is 13.0. The molecule has 1 aromatic rings. The van der Waals surface area contributed by atoms with E-state index in [-0.39, 0.29) is 6.29 Å². The quantitative estimate of drug-likeness (QED) is 0.0474. The average Bonchev–Trinajstić information content (AvgIpc) is 2.92. The fourth-order valence-electron chi connectivity index (χ4n) is 4.92. The molecular formula is C34H60BrO2P. The van der Waals surface area contributed by atoms with E-state index in [1.807, 2.05) is 0 Å². The third kappa shape index (κ3) is 16.8. The molecule has 1 atom stereocenters. The first-order valence-electron chi connectivity index (χ1n) is 15.9. The zero-order valence-corrected chi connectivity index (χ0v) is 28.2. The van der Waals surface area contributed by atoms with Crippen molar-refractivity contribution in [2.75, 3.05) is 13.2 Å². The SMILES string of the molecule is CCCCCCCOC(CCCCC/C=C/CCCc1cc(PBr)c(C)c(C)c1C)OCCCCCCC. The van der Waals surface area contributed by atoms with Crippen molar-refractivity contribution in [3.05, 3.63) is 40.5 Å². The summed E-state index contributed by atoms with van der Waals surface area (Å²) in [6.45, 7) is 13.1. The summed E-state index contributed by atoms with van der Waals surface area (Å²) in [6, 6.07) is 2.42. The first kappa shape index (κ1) is 35.8. The smallest absolute Gasteiger partial charge is 0.157 e. The molecule has 0 fully saturated rings. The molecule has 4 heteroatoms. The van der Waals surface area contributed by atoms with E-state index in [0.717, 1.165) is 19.6 Å². The molecule has 0 aliphatic rings. The van der Waals surface area contributed by atoms with E-state index < -0.39 is 0 Å². The highest BCUT2D eigenvalue weighted by atomic mass is 79.9. The molecule has 0 saturated heterocycles. The van der Waals surface area contributed by atoms with Crippen molar-refractivity contribution in [3.8, 4) is 0 Å². The van der Waals surface area contributed by atoms with Crippen LogP contribution in [-0.2, 0) is 15.9 Å². The molecule has 38 heavy (non-hydrogen) atoms. The topological polar surface area (TPSA) is 18.5 Å². The Labute approximate surface area is 247 Å². The van der Waals surface area contributed by atoms with Gasteiger partial charge >= 0.3 is 0 Å². The Balaban J connectivity index is 2.22. The molecule has 0 N–H and O–H groups in total. The Hall–Kier alpha value is -0.210. The summed E-state index contributed by atoms with van der Waals surface area (Å²) in [5.74, 6) is 0. The van der Waals surface area contributed by atoms with Gasteiger partial charge in [0.1, 0.15) is 0 Å². The number of halogens is 1. The summed E-state index contributed by atoms with van der Waals surface area (Å²) in [5.41, 5.74) is 5.94. The van der Waals surface area contributed by atoms with Gasteiger partial charge in [-0.2, -0.15) is 0 Å². The fourth-order valence-corrected chi connectivity index (χ4v) is 6.72. The van der Waals surface area contributed by atoms with Crippen LogP contribution in [0.3, 0.4) is 0 Å². The molecule has 220 valence electrons. The predicted molar refractivity (Wildman–Crippen MR) is 176 cm³/mol. The van der Waals surface area contributed by atoms with Gasteiger partial charge in [-0.05, 0) is 113 Å². The van der Waals surface area contributed by atoms with E-state index in [0.29, 0.717) is 7.28 Å². The number of ether oxygens (including phenoxy) is 2. The molecule has 0 aliphatic carbocycles. The van der Waals surface area contributed by atoms with Crippen LogP contribution in [0.2, 0.25) is 0 Å². The lowest BCUT2D eigenvalue weighted by molar-refractivity contribution is -0.148. The molecule has 2 nitrogen and oxygen atoms in total. The molecule has 1 unspecified atom stereocenters. The number of unbranched alkanes of at least 4 members (excludes halogenated alkanes) is 12. The fraction of sp³-hybridized carbons (Fsp3) is 0.765. The predicted octanol–water partition coefficient (Wildman–Crippen LogP) is 11.4. The van der Waals surface area contributed by atoms with Gasteiger partial charge in [-0.15, -0.1) is 0 Å². The van der Waals surface area contributed by atoms with E-state index in [4.69, 9.17) is 9.47 Å². The zero-order chi connectivity index (χ0) is 27.8. The van der Waals surface area contributed by atoms with Crippen molar-refractivity contribution in [2.24, 2.45) is 0 Å². The summed E-state index contributed by atoms with van der Waals surface area (Å²) < 4.78 is 12.3. The highest BCUT2D eigenvalue weighted by Crippen LogP contribution is 2.27. The van der Waals surface area contributed by atoms with Crippen LogP contribution in [0.15, 0.2) is 18.2 Å². The Kier molecular flexibility index (Phi) is 23.2. The van der Waals surface area contributed by atoms with Gasteiger partial charge in [0.2, 0.25) is 0 Å². The van der Waals surface area contributed by atoms with Crippen LogP contribution in [0.4, 0.5) is 0 Å². The Morgan fingerprint density at radius 3 is 1.82 bits per heavy atom. The number of rotatable bonds is 25. The second kappa shape index (κ2) is 24.6. The minimum absolute atomic E-state index is 0.00218. The van der Waals surface area contributed by atoms with Crippen LogP contribution in [-0.4, -0.2) is 19.5 Å². The van der Waals surface area contributed by atoms with Gasteiger partial charge in [-0.25, -0.2) is 0 Å². The molecule has 0 spiro atoms. The van der Waals surface area contributed by atoms with Crippen LogP contribution in [0, 0.1) is 20.8 Å². The van der Waals surface area contributed by atoms with E-state index in [9.17, 15) is 0 Å². The largest absolute Gasteiger partial charge is 0.353 e. The maximum absolute atomic E-state index is 6.16. The molecule has 0 saturated carbocycles. The number of hydrogen-bond donors (Lipinski definition) is 0. The van der Waals surface area contributed by atoms with E-state index >= 15 is 0 Å². The lowest BCUT2D eigenvalue weighted by Gasteiger charge is -2.19. The minimum Gasteiger partial charge on any atom is -0.353 e. The van der Waals surface area contributed by atoms with Crippen LogP contribution in [0.25, 0.3) is 0 Å². The molecule has 0 aromatic heterocycles. The lowest BCUT2D eigenvalue weighted by Crippen LogP contribution is -2.19. The summed E-state index contributed by atoms with van der Waals surface area (Å²) >= 11 is 3.68. The molecule has 0 amide bonds. The summed E-state index contributed by atoms with van der Waals surface area (Å²) in [7, 11) is 0.702. The van der Waals surface area contributed by atoms with E-state index in [2.05, 4.69) is 68.3 Å². The highest BCUT2D eigenvalue weighted by Gasteiger charge is 2.10. The molecule has 0 heterocycles. The Morgan fingerprint density at radius 1 is 0.684 bits per heavy atom. The van der Waals surface area contributed by atoms with Gasteiger partial charge < -0.3 is 9.47 Å². The number of aryl methyl sites for hydroxylation is 1. The summed E-state index contributed by atoms with van der Waals surface area (Å²) in [4.78, 5) is 0. The Bertz CT molecular complexity index is 718. The second-order valence-electron chi connectivity index (χ2n) is 11.1. The van der Waals surface area contributed by atoms with Crippen molar-refractivity contribution in [1.82, 2.24) is 0 Å². The van der Waals surface area contributed by atoms with Gasteiger partial charge in [-0.1, -0.05) is 105 Å². The van der Waals surface area contributed by atoms with Crippen molar-refractivity contribution < 1.29 is 9.47 Å². The van der Waals surface area contributed by atoms with Crippen LogP contribution in [0.5, 0.6) is 0 Å². The number of benzene rings is 1. The first-order chi connectivity index (χ1) is 18.5. The maximum atomic E-state index is 6.16. The van der Waals surface area contributed by atoms with Gasteiger partial charge in [0, 0.05) is 13.2 Å². The molecule has 1 rings (SSSR count). The standard InChI is InChI=1S/C34H60BrO2P/c1-6-8-10-18-22-26-36-34(37-27-23-19-11-9-7-2)25-21-17-15-13-12-14-16-20-24-32-28-33(38-35)31(5)29(3)30(32)4/h12,14,28,34,38H,6-11,13,15-27H2,1-5H3/b14-12+. The van der Waals surface area contributed by atoms with Crippen LogP contribution in [0.1, 0.15) is 145 Å². The third-order valence-corrected chi connectivity index (χ3v) is 9.83. The number of allylic oxidation sites excluding steroid dienone is 2.